The highest BCUT2D eigenvalue weighted by molar-refractivity contribution is 7.89. The minimum Gasteiger partial charge on any atom is -0.339 e. The van der Waals surface area contributed by atoms with Crippen LogP contribution in [-0.4, -0.2) is 40.3 Å². The van der Waals surface area contributed by atoms with Crippen molar-refractivity contribution in [3.05, 3.63) is 28.6 Å². The zero-order valence-corrected chi connectivity index (χ0v) is 14.6. The normalized spacial score (nSPS) is 19.4. The van der Waals surface area contributed by atoms with Gasteiger partial charge in [0.05, 0.1) is 11.3 Å². The topological polar surface area (TPSA) is 68.1 Å². The number of sulfonamides is 1. The van der Waals surface area contributed by atoms with E-state index in [1.54, 1.807) is 29.1 Å². The molecule has 2 aromatic rings. The van der Waals surface area contributed by atoms with Gasteiger partial charge in [-0.2, -0.15) is 4.31 Å². The summed E-state index contributed by atoms with van der Waals surface area (Å²) in [6, 6.07) is 0. The summed E-state index contributed by atoms with van der Waals surface area (Å²) in [7, 11) is -1.72. The van der Waals surface area contributed by atoms with Crippen LogP contribution < -0.4 is 0 Å². The molecule has 0 atom stereocenters. The van der Waals surface area contributed by atoms with E-state index in [4.69, 9.17) is 0 Å². The second kappa shape index (κ2) is 5.43. The summed E-state index contributed by atoms with van der Waals surface area (Å²) < 4.78 is 28.4. The van der Waals surface area contributed by atoms with E-state index in [2.05, 4.69) is 16.9 Å². The van der Waals surface area contributed by atoms with Gasteiger partial charge in [-0.1, -0.05) is 6.92 Å². The molecule has 3 rings (SSSR count). The lowest BCUT2D eigenvalue weighted by Crippen LogP contribution is -2.43. The van der Waals surface area contributed by atoms with E-state index >= 15 is 0 Å². The molecular weight excluding hydrogens is 320 g/mol. The number of nitrogens with zero attached hydrogens (tertiary/aromatic N) is 4. The third kappa shape index (κ3) is 2.70. The van der Waals surface area contributed by atoms with Crippen molar-refractivity contribution in [1.29, 1.82) is 0 Å². The Hall–Kier alpha value is -1.25. The maximum absolute atomic E-state index is 12.6. The van der Waals surface area contributed by atoms with Crippen LogP contribution in [0.5, 0.6) is 0 Å². The first-order valence-corrected chi connectivity index (χ1v) is 9.48. The summed E-state index contributed by atoms with van der Waals surface area (Å²) in [6.07, 6.45) is 6.52. The molecule has 0 N–H and O–H groups in total. The first-order chi connectivity index (χ1) is 10.3. The fourth-order valence-corrected chi connectivity index (χ4v) is 5.10. The number of thiazole rings is 1. The van der Waals surface area contributed by atoms with Crippen molar-refractivity contribution in [1.82, 2.24) is 18.8 Å². The fraction of sp³-hybridized carbons (Fsp3) is 0.571. The van der Waals surface area contributed by atoms with Gasteiger partial charge in [0.15, 0.2) is 5.03 Å². The molecule has 0 amide bonds. The first kappa shape index (κ1) is 15.6. The predicted octanol–water partition coefficient (Wildman–Crippen LogP) is 1.93. The van der Waals surface area contributed by atoms with E-state index in [1.165, 1.54) is 15.5 Å². The van der Waals surface area contributed by atoms with Crippen molar-refractivity contribution in [3.63, 3.8) is 0 Å². The molecule has 0 aliphatic carbocycles. The smallest absolute Gasteiger partial charge is 0.262 e. The maximum atomic E-state index is 12.6. The Kier molecular flexibility index (Phi) is 3.86. The third-order valence-corrected chi connectivity index (χ3v) is 7.25. The number of aryl methyl sites for hydroxylation is 2. The molecule has 3 heterocycles. The van der Waals surface area contributed by atoms with Gasteiger partial charge in [0.2, 0.25) is 0 Å². The van der Waals surface area contributed by atoms with Crippen molar-refractivity contribution in [2.24, 2.45) is 7.05 Å². The lowest BCUT2D eigenvalue weighted by molar-refractivity contribution is 0.248. The molecule has 2 aromatic heterocycles. The van der Waals surface area contributed by atoms with Crippen molar-refractivity contribution in [2.75, 3.05) is 13.1 Å². The quantitative estimate of drug-likeness (QED) is 0.856. The molecular formula is C14H20N4O2S2. The van der Waals surface area contributed by atoms with Crippen LogP contribution in [0.2, 0.25) is 0 Å². The predicted molar refractivity (Wildman–Crippen MR) is 85.4 cm³/mol. The van der Waals surface area contributed by atoms with Crippen LogP contribution in [0.4, 0.5) is 0 Å². The highest BCUT2D eigenvalue weighted by Gasteiger charge is 2.38. The van der Waals surface area contributed by atoms with Crippen LogP contribution >= 0.6 is 11.3 Å². The molecule has 0 bridgehead atoms. The van der Waals surface area contributed by atoms with Crippen LogP contribution in [0.15, 0.2) is 23.7 Å². The summed E-state index contributed by atoms with van der Waals surface area (Å²) in [5.41, 5.74) is -0.0327. The molecule has 1 aliphatic heterocycles. The molecule has 22 heavy (non-hydrogen) atoms. The van der Waals surface area contributed by atoms with Crippen molar-refractivity contribution in [2.45, 2.75) is 37.1 Å². The molecule has 8 heteroatoms. The van der Waals surface area contributed by atoms with Gasteiger partial charge in [0.1, 0.15) is 0 Å². The van der Waals surface area contributed by atoms with Gasteiger partial charge < -0.3 is 4.57 Å². The van der Waals surface area contributed by atoms with Crippen molar-refractivity contribution in [3.8, 4) is 0 Å². The summed E-state index contributed by atoms with van der Waals surface area (Å²) in [6.45, 7) is 5.24. The molecule has 120 valence electrons. The zero-order chi connectivity index (χ0) is 16.0. The molecule has 0 saturated carbocycles. The van der Waals surface area contributed by atoms with Crippen LogP contribution in [0.3, 0.4) is 0 Å². The lowest BCUT2D eigenvalue weighted by Gasteiger charge is -2.37. The minimum absolute atomic E-state index is 0.0327. The molecule has 0 spiro atoms. The Morgan fingerprint density at radius 2 is 1.95 bits per heavy atom. The Balaban J connectivity index is 1.77. The van der Waals surface area contributed by atoms with Crippen LogP contribution in [0.25, 0.3) is 0 Å². The summed E-state index contributed by atoms with van der Waals surface area (Å²) in [5, 5.41) is 1.24. The standard InChI is InChI=1S/C14H20N4O2S2/c1-11-8-15-13(21-11)14(2)4-6-18(7-5-14)22(19,20)12-9-17(3)10-16-12/h8-10H,4-7H2,1-3H3. The van der Waals surface area contributed by atoms with Gasteiger partial charge in [-0.05, 0) is 19.8 Å². The van der Waals surface area contributed by atoms with Crippen molar-refractivity contribution >= 4 is 21.4 Å². The highest BCUT2D eigenvalue weighted by atomic mass is 32.2. The van der Waals surface area contributed by atoms with Gasteiger partial charge in [-0.15, -0.1) is 11.3 Å². The zero-order valence-electron chi connectivity index (χ0n) is 13.0. The number of imidazole rings is 1. The fourth-order valence-electron chi connectivity index (χ4n) is 2.72. The molecule has 1 saturated heterocycles. The van der Waals surface area contributed by atoms with E-state index < -0.39 is 10.0 Å². The van der Waals surface area contributed by atoms with Gasteiger partial charge in [0.25, 0.3) is 10.0 Å². The summed E-state index contributed by atoms with van der Waals surface area (Å²) >= 11 is 1.71. The highest BCUT2D eigenvalue weighted by Crippen LogP contribution is 2.38. The van der Waals surface area contributed by atoms with Crippen LogP contribution in [0.1, 0.15) is 29.7 Å². The van der Waals surface area contributed by atoms with E-state index in [0.717, 1.165) is 17.8 Å². The molecule has 0 aromatic carbocycles. The van der Waals surface area contributed by atoms with Crippen molar-refractivity contribution < 1.29 is 8.42 Å². The van der Waals surface area contributed by atoms with Gasteiger partial charge >= 0.3 is 0 Å². The SMILES string of the molecule is Cc1cnc(C2(C)CCN(S(=O)(=O)c3cn(C)cn3)CC2)s1. The second-order valence-corrected chi connectivity index (χ2v) is 9.24. The Labute approximate surface area is 134 Å². The Bertz CT molecular complexity index is 770. The minimum atomic E-state index is -3.48. The van der Waals surface area contributed by atoms with Crippen LogP contribution in [-0.2, 0) is 22.5 Å². The maximum Gasteiger partial charge on any atom is 0.262 e. The van der Waals surface area contributed by atoms with E-state index in [9.17, 15) is 8.42 Å². The van der Waals surface area contributed by atoms with E-state index in [1.807, 2.05) is 13.1 Å². The summed E-state index contributed by atoms with van der Waals surface area (Å²) in [4.78, 5) is 9.67. The average molecular weight is 340 g/mol. The van der Waals surface area contributed by atoms with E-state index in [-0.39, 0.29) is 10.4 Å². The largest absolute Gasteiger partial charge is 0.339 e. The molecule has 1 aliphatic rings. The number of hydrogen-bond acceptors (Lipinski definition) is 5. The van der Waals surface area contributed by atoms with Gasteiger partial charge in [0, 0.05) is 42.8 Å². The average Bonchev–Trinajstić information content (AvgIpc) is 3.09. The third-order valence-electron chi connectivity index (χ3n) is 4.25. The molecule has 0 radical (unpaired) electrons. The first-order valence-electron chi connectivity index (χ1n) is 7.22. The Morgan fingerprint density at radius 1 is 1.27 bits per heavy atom. The van der Waals surface area contributed by atoms with Gasteiger partial charge in [-0.25, -0.2) is 18.4 Å². The monoisotopic (exact) mass is 340 g/mol. The van der Waals surface area contributed by atoms with E-state index in [0.29, 0.717) is 13.1 Å². The number of rotatable bonds is 3. The second-order valence-electron chi connectivity index (χ2n) is 6.12. The Morgan fingerprint density at radius 3 is 2.45 bits per heavy atom. The number of hydrogen-bond donors (Lipinski definition) is 0. The number of piperidine rings is 1. The van der Waals surface area contributed by atoms with Crippen LogP contribution in [0, 0.1) is 6.92 Å². The lowest BCUT2D eigenvalue weighted by atomic mass is 9.82. The van der Waals surface area contributed by atoms with Gasteiger partial charge in [-0.3, -0.25) is 0 Å². The summed E-state index contributed by atoms with van der Waals surface area (Å²) in [5.74, 6) is 0. The molecule has 6 nitrogen and oxygen atoms in total. The molecule has 1 fully saturated rings. The number of aromatic nitrogens is 3. The molecule has 0 unspecified atom stereocenters.